The predicted molar refractivity (Wildman–Crippen MR) is 144 cm³/mol. The molecule has 0 spiro atoms. The molecule has 0 unspecified atom stereocenters. The number of pyridine rings is 1. The Kier molecular flexibility index (Phi) is 6.79. The standard InChI is InChI=1S/C32H35N/c1-6-17-32(7-2,8-3)29-14-15-30-25(22-29)16-18-33-31(30)28-20-26(23(4)5)19-27(21-28)24-12-10-9-11-13-24/h6,9-16,18-23H,1,7-8,17H2,2-5H3. The van der Waals surface area contributed by atoms with Crippen LogP contribution in [0.25, 0.3) is 33.2 Å². The van der Waals surface area contributed by atoms with Gasteiger partial charge in [0.15, 0.2) is 0 Å². The highest BCUT2D eigenvalue weighted by Crippen LogP contribution is 2.39. The van der Waals surface area contributed by atoms with Crippen molar-refractivity contribution in [2.24, 2.45) is 0 Å². The summed E-state index contributed by atoms with van der Waals surface area (Å²) in [7, 11) is 0. The van der Waals surface area contributed by atoms with Crippen molar-refractivity contribution >= 4 is 10.8 Å². The van der Waals surface area contributed by atoms with E-state index in [1.807, 2.05) is 6.20 Å². The van der Waals surface area contributed by atoms with Crippen LogP contribution in [0, 0.1) is 0 Å². The summed E-state index contributed by atoms with van der Waals surface area (Å²) in [6, 6.07) is 26.7. The van der Waals surface area contributed by atoms with Crippen molar-refractivity contribution in [2.75, 3.05) is 0 Å². The minimum atomic E-state index is 0.150. The van der Waals surface area contributed by atoms with Gasteiger partial charge in [0.05, 0.1) is 5.69 Å². The van der Waals surface area contributed by atoms with E-state index in [0.717, 1.165) is 25.0 Å². The highest BCUT2D eigenvalue weighted by molar-refractivity contribution is 5.95. The molecule has 1 heteroatoms. The first-order valence-corrected chi connectivity index (χ1v) is 12.2. The molecule has 0 amide bonds. The lowest BCUT2D eigenvalue weighted by atomic mass is 9.73. The Hall–Kier alpha value is -3.19. The fourth-order valence-corrected chi connectivity index (χ4v) is 5.00. The van der Waals surface area contributed by atoms with Crippen LogP contribution in [0.2, 0.25) is 0 Å². The summed E-state index contributed by atoms with van der Waals surface area (Å²) in [4.78, 5) is 4.86. The molecule has 1 nitrogen and oxygen atoms in total. The first-order valence-electron chi connectivity index (χ1n) is 12.2. The molecule has 0 radical (unpaired) electrons. The SMILES string of the molecule is C=CCC(CC)(CC)c1ccc2c(-c3cc(-c4ccccc4)cc(C(C)C)c3)nccc2c1. The normalized spacial score (nSPS) is 11.8. The molecule has 0 fully saturated rings. The van der Waals surface area contributed by atoms with Crippen molar-refractivity contribution in [1.82, 2.24) is 4.98 Å². The maximum Gasteiger partial charge on any atom is 0.0780 e. The van der Waals surface area contributed by atoms with Gasteiger partial charge in [-0.3, -0.25) is 4.98 Å². The van der Waals surface area contributed by atoms with Crippen LogP contribution in [0.5, 0.6) is 0 Å². The molecule has 168 valence electrons. The van der Waals surface area contributed by atoms with E-state index < -0.39 is 0 Å². The molecular weight excluding hydrogens is 398 g/mol. The van der Waals surface area contributed by atoms with Crippen LogP contribution in [0.4, 0.5) is 0 Å². The fourth-order valence-electron chi connectivity index (χ4n) is 5.00. The van der Waals surface area contributed by atoms with E-state index in [0.29, 0.717) is 5.92 Å². The van der Waals surface area contributed by atoms with E-state index >= 15 is 0 Å². The topological polar surface area (TPSA) is 12.9 Å². The summed E-state index contributed by atoms with van der Waals surface area (Å²) < 4.78 is 0. The molecule has 0 aliphatic carbocycles. The van der Waals surface area contributed by atoms with Crippen molar-refractivity contribution in [2.45, 2.75) is 58.3 Å². The Morgan fingerprint density at radius 1 is 0.848 bits per heavy atom. The van der Waals surface area contributed by atoms with Gasteiger partial charge in [-0.15, -0.1) is 6.58 Å². The summed E-state index contributed by atoms with van der Waals surface area (Å²) in [5.74, 6) is 0.447. The van der Waals surface area contributed by atoms with Gasteiger partial charge in [-0.05, 0) is 76.4 Å². The van der Waals surface area contributed by atoms with Gasteiger partial charge in [0.1, 0.15) is 0 Å². The van der Waals surface area contributed by atoms with Crippen LogP contribution < -0.4 is 0 Å². The highest BCUT2D eigenvalue weighted by atomic mass is 14.7. The molecule has 0 N–H and O–H groups in total. The molecule has 0 atom stereocenters. The van der Waals surface area contributed by atoms with Gasteiger partial charge in [-0.2, -0.15) is 0 Å². The number of benzene rings is 3. The van der Waals surface area contributed by atoms with Gasteiger partial charge in [0.25, 0.3) is 0 Å². The molecule has 0 saturated carbocycles. The Labute approximate surface area is 199 Å². The number of aromatic nitrogens is 1. The van der Waals surface area contributed by atoms with Gasteiger partial charge in [-0.1, -0.05) is 88.4 Å². The largest absolute Gasteiger partial charge is 0.256 e. The van der Waals surface area contributed by atoms with E-state index in [4.69, 9.17) is 4.98 Å². The third-order valence-electron chi connectivity index (χ3n) is 7.27. The molecule has 0 aliphatic heterocycles. The lowest BCUT2D eigenvalue weighted by Crippen LogP contribution is -2.23. The number of nitrogens with zero attached hydrogens (tertiary/aromatic N) is 1. The van der Waals surface area contributed by atoms with Gasteiger partial charge in [-0.25, -0.2) is 0 Å². The van der Waals surface area contributed by atoms with E-state index in [9.17, 15) is 0 Å². The summed E-state index contributed by atoms with van der Waals surface area (Å²) >= 11 is 0. The van der Waals surface area contributed by atoms with Crippen molar-refractivity contribution in [1.29, 1.82) is 0 Å². The van der Waals surface area contributed by atoms with Gasteiger partial charge >= 0.3 is 0 Å². The second-order valence-corrected chi connectivity index (χ2v) is 9.44. The van der Waals surface area contributed by atoms with Crippen LogP contribution in [0.1, 0.15) is 64.0 Å². The molecule has 1 aromatic heterocycles. The lowest BCUT2D eigenvalue weighted by Gasteiger charge is -2.31. The molecule has 0 saturated heterocycles. The first kappa shape index (κ1) is 23.0. The van der Waals surface area contributed by atoms with Crippen LogP contribution in [0.3, 0.4) is 0 Å². The molecule has 3 aromatic carbocycles. The molecule has 0 bridgehead atoms. The Bertz CT molecular complexity index is 1250. The Morgan fingerprint density at radius 3 is 2.24 bits per heavy atom. The predicted octanol–water partition coefficient (Wildman–Crippen LogP) is 9.33. The third-order valence-corrected chi connectivity index (χ3v) is 7.27. The number of hydrogen-bond acceptors (Lipinski definition) is 1. The van der Waals surface area contributed by atoms with Gasteiger partial charge in [0, 0.05) is 17.1 Å². The molecule has 4 rings (SSSR count). The fraction of sp³-hybridized carbons (Fsp3) is 0.281. The maximum atomic E-state index is 4.86. The van der Waals surface area contributed by atoms with Crippen molar-refractivity contribution < 1.29 is 0 Å². The molecule has 1 heterocycles. The summed E-state index contributed by atoms with van der Waals surface area (Å²) in [6.45, 7) is 13.1. The summed E-state index contributed by atoms with van der Waals surface area (Å²) in [5, 5.41) is 2.46. The monoisotopic (exact) mass is 433 g/mol. The number of allylic oxidation sites excluding steroid dienone is 1. The van der Waals surface area contributed by atoms with Crippen LogP contribution in [-0.2, 0) is 5.41 Å². The first-order chi connectivity index (χ1) is 16.0. The minimum absolute atomic E-state index is 0.150. The van der Waals surface area contributed by atoms with E-state index in [1.54, 1.807) is 0 Å². The second-order valence-electron chi connectivity index (χ2n) is 9.44. The van der Waals surface area contributed by atoms with Crippen LogP contribution in [-0.4, -0.2) is 4.98 Å². The van der Waals surface area contributed by atoms with Gasteiger partial charge in [0.2, 0.25) is 0 Å². The summed E-state index contributed by atoms with van der Waals surface area (Å²) in [6.07, 6.45) is 7.24. The zero-order valence-corrected chi connectivity index (χ0v) is 20.4. The summed E-state index contributed by atoms with van der Waals surface area (Å²) in [5.41, 5.74) is 7.61. The average Bonchev–Trinajstić information content (AvgIpc) is 2.87. The smallest absolute Gasteiger partial charge is 0.0780 e. The van der Waals surface area contributed by atoms with E-state index in [-0.39, 0.29) is 5.41 Å². The second kappa shape index (κ2) is 9.75. The molecular formula is C32H35N. The zero-order chi connectivity index (χ0) is 23.4. The zero-order valence-electron chi connectivity index (χ0n) is 20.4. The van der Waals surface area contributed by atoms with Crippen molar-refractivity contribution in [3.05, 3.63) is 103 Å². The van der Waals surface area contributed by atoms with E-state index in [2.05, 4.69) is 113 Å². The number of rotatable bonds is 8. The van der Waals surface area contributed by atoms with E-state index in [1.165, 1.54) is 38.6 Å². The lowest BCUT2D eigenvalue weighted by molar-refractivity contribution is 0.401. The van der Waals surface area contributed by atoms with Crippen LogP contribution >= 0.6 is 0 Å². The molecule has 4 aromatic rings. The maximum absolute atomic E-state index is 4.86. The number of hydrogen-bond donors (Lipinski definition) is 0. The van der Waals surface area contributed by atoms with Crippen molar-refractivity contribution in [3.63, 3.8) is 0 Å². The molecule has 33 heavy (non-hydrogen) atoms. The highest BCUT2D eigenvalue weighted by Gasteiger charge is 2.27. The quantitative estimate of drug-likeness (QED) is 0.252. The Balaban J connectivity index is 1.88. The van der Waals surface area contributed by atoms with Gasteiger partial charge < -0.3 is 0 Å². The Morgan fingerprint density at radius 2 is 1.58 bits per heavy atom. The molecule has 0 aliphatic rings. The van der Waals surface area contributed by atoms with Crippen LogP contribution in [0.15, 0.2) is 91.6 Å². The third kappa shape index (κ3) is 4.50. The minimum Gasteiger partial charge on any atom is -0.256 e. The average molecular weight is 434 g/mol. The number of fused-ring (bicyclic) bond motifs is 1. The van der Waals surface area contributed by atoms with Crippen molar-refractivity contribution in [3.8, 4) is 22.4 Å².